The fraction of sp³-hybridized carbons (Fsp3) is 0.455. The third kappa shape index (κ3) is 7.65. The monoisotopic (exact) mass is 638 g/mol. The zero-order chi connectivity index (χ0) is 31.3. The highest BCUT2D eigenvalue weighted by Gasteiger charge is 2.23. The fourth-order valence-corrected chi connectivity index (χ4v) is 6.73. The average molecular weight is 639 g/mol. The molecular weight excluding hydrogens is 596 g/mol. The molecule has 1 aliphatic carbocycles. The van der Waals surface area contributed by atoms with Crippen LogP contribution in [0.1, 0.15) is 44.2 Å². The number of ether oxygens (including phenoxy) is 1. The number of halogens is 1. The van der Waals surface area contributed by atoms with E-state index in [-0.39, 0.29) is 9.92 Å². The summed E-state index contributed by atoms with van der Waals surface area (Å²) in [6, 6.07) is 10.9. The second-order valence-corrected chi connectivity index (χ2v) is 14.7. The Morgan fingerprint density at radius 3 is 2.52 bits per heavy atom. The third-order valence-corrected chi connectivity index (χ3v) is 11.0. The molecule has 2 aliphatic rings. The Labute approximate surface area is 266 Å². The lowest BCUT2D eigenvalue weighted by Gasteiger charge is -2.34. The zero-order valence-electron chi connectivity index (χ0n) is 26.0. The number of aromatic nitrogens is 2. The van der Waals surface area contributed by atoms with Gasteiger partial charge in [-0.05, 0) is 87.5 Å². The fourth-order valence-electron chi connectivity index (χ4n) is 5.39. The van der Waals surface area contributed by atoms with Crippen LogP contribution in [0.5, 0.6) is 5.75 Å². The summed E-state index contributed by atoms with van der Waals surface area (Å²) < 4.78 is 31.6. The Hall–Kier alpha value is -3.34. The molecule has 0 unspecified atom stereocenters. The van der Waals surface area contributed by atoms with Crippen LogP contribution in [0.15, 0.2) is 59.8 Å². The van der Waals surface area contributed by atoms with Crippen molar-refractivity contribution in [1.29, 1.82) is 0 Å². The van der Waals surface area contributed by atoms with Crippen molar-refractivity contribution in [3.63, 3.8) is 0 Å². The van der Waals surface area contributed by atoms with Crippen LogP contribution in [0, 0.1) is 12.8 Å². The molecule has 1 saturated carbocycles. The number of nitrogens with one attached hydrogen (secondary N) is 2. The van der Waals surface area contributed by atoms with Gasteiger partial charge < -0.3 is 20.3 Å². The maximum atomic E-state index is 12.9. The van der Waals surface area contributed by atoms with E-state index in [0.717, 1.165) is 56.3 Å². The van der Waals surface area contributed by atoms with Crippen molar-refractivity contribution in [2.45, 2.75) is 56.6 Å². The molecule has 44 heavy (non-hydrogen) atoms. The van der Waals surface area contributed by atoms with Gasteiger partial charge in [0, 0.05) is 32.7 Å². The Bertz CT molecular complexity index is 1580. The number of allylic oxidation sites excluding steroid dienone is 1. The summed E-state index contributed by atoms with van der Waals surface area (Å²) in [6.45, 7) is 10.7. The minimum absolute atomic E-state index is 0.190. The summed E-state index contributed by atoms with van der Waals surface area (Å²) in [7, 11) is -1.87. The van der Waals surface area contributed by atoms with Gasteiger partial charge in [0.15, 0.2) is 15.7 Å². The SMILES string of the molecule is COc1cc(CCN2CCN(/C=C/C3CCC3)CC2)c(C)cc1Nc1ncc(Cl)c(Nc2ccccc2S(=O)(=O)C(C)C)n1. The van der Waals surface area contributed by atoms with Crippen molar-refractivity contribution < 1.29 is 13.2 Å². The van der Waals surface area contributed by atoms with E-state index < -0.39 is 15.1 Å². The largest absolute Gasteiger partial charge is 0.495 e. The van der Waals surface area contributed by atoms with Gasteiger partial charge in [-0.1, -0.05) is 36.2 Å². The number of hydrogen-bond acceptors (Lipinski definition) is 9. The van der Waals surface area contributed by atoms with Crippen LogP contribution in [-0.2, 0) is 16.3 Å². The first-order chi connectivity index (χ1) is 21.1. The van der Waals surface area contributed by atoms with Crippen LogP contribution in [0.4, 0.5) is 23.1 Å². The minimum Gasteiger partial charge on any atom is -0.495 e. The van der Waals surface area contributed by atoms with Gasteiger partial charge >= 0.3 is 0 Å². The van der Waals surface area contributed by atoms with Gasteiger partial charge in [0.1, 0.15) is 10.8 Å². The molecule has 0 amide bonds. The number of piperazine rings is 1. The highest BCUT2D eigenvalue weighted by molar-refractivity contribution is 7.92. The Morgan fingerprint density at radius 2 is 1.84 bits per heavy atom. The Morgan fingerprint density at radius 1 is 1.09 bits per heavy atom. The summed E-state index contributed by atoms with van der Waals surface area (Å²) in [5.41, 5.74) is 3.52. The van der Waals surface area contributed by atoms with Gasteiger partial charge in [-0.25, -0.2) is 13.4 Å². The van der Waals surface area contributed by atoms with Crippen LogP contribution in [0.25, 0.3) is 0 Å². The topological polar surface area (TPSA) is 99.7 Å². The van der Waals surface area contributed by atoms with Gasteiger partial charge in [0.05, 0.1) is 34.8 Å². The molecule has 0 spiro atoms. The van der Waals surface area contributed by atoms with Crippen molar-refractivity contribution >= 4 is 44.6 Å². The first kappa shape index (κ1) is 32.1. The summed E-state index contributed by atoms with van der Waals surface area (Å²) in [6.07, 6.45) is 11.2. The maximum absolute atomic E-state index is 12.9. The van der Waals surface area contributed by atoms with E-state index in [2.05, 4.69) is 55.7 Å². The van der Waals surface area contributed by atoms with E-state index in [4.69, 9.17) is 16.3 Å². The molecule has 9 nitrogen and oxygen atoms in total. The maximum Gasteiger partial charge on any atom is 0.229 e. The number of nitrogens with zero attached hydrogens (tertiary/aromatic N) is 4. The number of anilines is 4. The van der Waals surface area contributed by atoms with E-state index in [1.54, 1.807) is 45.2 Å². The molecule has 11 heteroatoms. The quantitative estimate of drug-likeness (QED) is 0.228. The standard InChI is InChI=1S/C33H43ClN6O3S/c1-23(2)44(41,42)31-11-6-5-10-28(31)36-32-27(34)22-35-33(38-32)37-29-20-24(3)26(21-30(29)43-4)13-15-40-18-16-39(17-19-40)14-12-25-8-7-9-25/h5-6,10-12,14,20-23,25H,7-9,13,15-19H2,1-4H3,(H2,35,36,37,38)/b14-12+. The lowest BCUT2D eigenvalue weighted by atomic mass is 9.85. The van der Waals surface area contributed by atoms with Gasteiger partial charge in [0.2, 0.25) is 5.95 Å². The average Bonchev–Trinajstić information content (AvgIpc) is 2.98. The summed E-state index contributed by atoms with van der Waals surface area (Å²) >= 11 is 6.43. The van der Waals surface area contributed by atoms with E-state index in [1.807, 2.05) is 6.07 Å². The summed E-state index contributed by atoms with van der Waals surface area (Å²) in [4.78, 5) is 14.1. The molecule has 1 saturated heterocycles. The molecule has 3 aromatic rings. The van der Waals surface area contributed by atoms with Crippen molar-refractivity contribution in [2.75, 3.05) is 50.5 Å². The van der Waals surface area contributed by atoms with Crippen molar-refractivity contribution in [2.24, 2.45) is 5.92 Å². The molecule has 2 fully saturated rings. The molecular formula is C33H43ClN6O3S. The van der Waals surface area contributed by atoms with Gasteiger partial charge in [0.25, 0.3) is 0 Å². The number of methoxy groups -OCH3 is 1. The highest BCUT2D eigenvalue weighted by atomic mass is 35.5. The number of aryl methyl sites for hydroxylation is 1. The van der Waals surface area contributed by atoms with Gasteiger partial charge in [-0.3, -0.25) is 4.90 Å². The van der Waals surface area contributed by atoms with Crippen LogP contribution in [-0.4, -0.2) is 73.3 Å². The second-order valence-electron chi connectivity index (χ2n) is 11.9. The molecule has 5 rings (SSSR count). The second kappa shape index (κ2) is 14.2. The normalized spacial score (nSPS) is 16.4. The third-order valence-electron chi connectivity index (χ3n) is 8.54. The van der Waals surface area contributed by atoms with Gasteiger partial charge in [-0.2, -0.15) is 4.98 Å². The Kier molecular flexibility index (Phi) is 10.3. The molecule has 2 aromatic carbocycles. The highest BCUT2D eigenvalue weighted by Crippen LogP contribution is 2.33. The first-order valence-electron chi connectivity index (χ1n) is 15.4. The predicted molar refractivity (Wildman–Crippen MR) is 178 cm³/mol. The lowest BCUT2D eigenvalue weighted by Crippen LogP contribution is -2.44. The van der Waals surface area contributed by atoms with E-state index >= 15 is 0 Å². The molecule has 0 bridgehead atoms. The molecule has 1 aliphatic heterocycles. The minimum atomic E-state index is -3.53. The number of para-hydroxylation sites is 1. The number of sulfone groups is 1. The number of benzene rings is 2. The van der Waals surface area contributed by atoms with Crippen molar-refractivity contribution in [1.82, 2.24) is 19.8 Å². The van der Waals surface area contributed by atoms with Crippen LogP contribution < -0.4 is 15.4 Å². The van der Waals surface area contributed by atoms with Crippen LogP contribution >= 0.6 is 11.6 Å². The van der Waals surface area contributed by atoms with Crippen molar-refractivity contribution in [3.05, 3.63) is 71.0 Å². The van der Waals surface area contributed by atoms with Crippen LogP contribution in [0.3, 0.4) is 0 Å². The summed E-state index contributed by atoms with van der Waals surface area (Å²) in [5, 5.41) is 6.05. The van der Waals surface area contributed by atoms with Crippen LogP contribution in [0.2, 0.25) is 5.02 Å². The molecule has 2 N–H and O–H groups in total. The van der Waals surface area contributed by atoms with Gasteiger partial charge in [-0.15, -0.1) is 0 Å². The Balaban J connectivity index is 1.24. The smallest absolute Gasteiger partial charge is 0.229 e. The van der Waals surface area contributed by atoms with E-state index in [1.165, 1.54) is 31.0 Å². The molecule has 236 valence electrons. The molecule has 1 aromatic heterocycles. The number of hydrogen-bond donors (Lipinski definition) is 2. The molecule has 0 radical (unpaired) electrons. The zero-order valence-corrected chi connectivity index (χ0v) is 27.6. The summed E-state index contributed by atoms with van der Waals surface area (Å²) in [5.74, 6) is 2.09. The molecule has 0 atom stereocenters. The van der Waals surface area contributed by atoms with E-state index in [0.29, 0.717) is 23.2 Å². The van der Waals surface area contributed by atoms with E-state index in [9.17, 15) is 8.42 Å². The first-order valence-corrected chi connectivity index (χ1v) is 17.3. The number of rotatable bonds is 12. The molecule has 2 heterocycles. The lowest BCUT2D eigenvalue weighted by molar-refractivity contribution is 0.169. The van der Waals surface area contributed by atoms with Crippen molar-refractivity contribution in [3.8, 4) is 5.75 Å². The predicted octanol–water partition coefficient (Wildman–Crippen LogP) is 6.59.